The molecule has 3 amide bonds. The Kier molecular flexibility index (Phi) is 8.33. The Balaban J connectivity index is 1.15. The molecule has 2 aromatic carbocycles. The zero-order valence-corrected chi connectivity index (χ0v) is 26.5. The van der Waals surface area contributed by atoms with Gasteiger partial charge in [0.15, 0.2) is 0 Å². The third-order valence-electron chi connectivity index (χ3n) is 9.75. The lowest BCUT2D eigenvalue weighted by atomic mass is 9.96. The number of anilines is 1. The molecule has 2 saturated heterocycles. The summed E-state index contributed by atoms with van der Waals surface area (Å²) in [4.78, 5) is 45.1. The van der Waals surface area contributed by atoms with E-state index in [1.807, 2.05) is 29.2 Å². The molecule has 0 radical (unpaired) electrons. The second-order valence-electron chi connectivity index (χ2n) is 14.1. The van der Waals surface area contributed by atoms with Crippen LogP contribution in [0.25, 0.3) is 11.1 Å². The highest BCUT2D eigenvalue weighted by molar-refractivity contribution is 6.02. The SMILES string of the molecule is CN1CCC(N2C(=O)Cc3ccc(-c4ccc(C[C@@H](C#N)NC(=O)[C@@H]5[C@H]6CC[C@H](C6)N5C(=O)OC(C)(C)C)c(F)c4)cc32)CC1. The van der Waals surface area contributed by atoms with Gasteiger partial charge in [-0.1, -0.05) is 24.3 Å². The first-order valence-corrected chi connectivity index (χ1v) is 16.1. The van der Waals surface area contributed by atoms with Crippen LogP contribution in [0.15, 0.2) is 36.4 Å². The lowest BCUT2D eigenvalue weighted by Crippen LogP contribution is -2.55. The Morgan fingerprint density at radius 2 is 1.78 bits per heavy atom. The number of nitriles is 1. The van der Waals surface area contributed by atoms with E-state index in [0.29, 0.717) is 17.5 Å². The van der Waals surface area contributed by atoms with Crippen molar-refractivity contribution in [3.8, 4) is 17.2 Å². The molecular formula is C35H42FN5O4. The highest BCUT2D eigenvalue weighted by Crippen LogP contribution is 2.43. The Morgan fingerprint density at radius 3 is 2.47 bits per heavy atom. The largest absolute Gasteiger partial charge is 0.444 e. The van der Waals surface area contributed by atoms with Crippen molar-refractivity contribution in [1.82, 2.24) is 15.1 Å². The van der Waals surface area contributed by atoms with Crippen molar-refractivity contribution in [2.75, 3.05) is 25.0 Å². The lowest BCUT2D eigenvalue weighted by Gasteiger charge is -2.35. The molecule has 2 aromatic rings. The van der Waals surface area contributed by atoms with Crippen LogP contribution < -0.4 is 10.2 Å². The number of hydrogen-bond acceptors (Lipinski definition) is 6. The maximum atomic E-state index is 15.5. The van der Waals surface area contributed by atoms with Crippen LogP contribution in [0.1, 0.15) is 64.0 Å². The van der Waals surface area contributed by atoms with Crippen LogP contribution in [-0.2, 0) is 27.2 Å². The number of nitrogens with one attached hydrogen (secondary N) is 1. The Labute approximate surface area is 264 Å². The Hall–Kier alpha value is -3.97. The average Bonchev–Trinajstić information content (AvgIpc) is 3.70. The number of hydrogen-bond donors (Lipinski definition) is 1. The maximum Gasteiger partial charge on any atom is 0.411 e. The summed E-state index contributed by atoms with van der Waals surface area (Å²) in [5.41, 5.74) is 3.01. The van der Waals surface area contributed by atoms with E-state index in [-0.39, 0.29) is 30.3 Å². The molecule has 1 saturated carbocycles. The third-order valence-corrected chi connectivity index (χ3v) is 9.75. The van der Waals surface area contributed by atoms with Crippen LogP contribution in [-0.4, -0.2) is 77.6 Å². The van der Waals surface area contributed by atoms with Gasteiger partial charge in [0, 0.05) is 24.2 Å². The minimum absolute atomic E-state index is 0.00972. The van der Waals surface area contributed by atoms with E-state index in [9.17, 15) is 19.6 Å². The number of likely N-dealkylation sites (tertiary alicyclic amines) is 2. The molecule has 3 fully saturated rings. The number of ether oxygens (including phenoxy) is 1. The van der Waals surface area contributed by atoms with Gasteiger partial charge in [-0.3, -0.25) is 14.5 Å². The number of rotatable bonds is 6. The molecule has 9 nitrogen and oxygen atoms in total. The van der Waals surface area contributed by atoms with E-state index < -0.39 is 35.5 Å². The van der Waals surface area contributed by atoms with Gasteiger partial charge < -0.3 is 19.9 Å². The maximum absolute atomic E-state index is 15.5. The number of piperidine rings is 2. The molecule has 45 heavy (non-hydrogen) atoms. The van der Waals surface area contributed by atoms with Crippen LogP contribution in [0.3, 0.4) is 0 Å². The second-order valence-corrected chi connectivity index (χ2v) is 14.1. The molecule has 1 N–H and O–H groups in total. The summed E-state index contributed by atoms with van der Waals surface area (Å²) in [7, 11) is 2.10. The van der Waals surface area contributed by atoms with Gasteiger partial charge in [0.2, 0.25) is 11.8 Å². The molecule has 0 spiro atoms. The summed E-state index contributed by atoms with van der Waals surface area (Å²) in [5.74, 6) is -0.752. The van der Waals surface area contributed by atoms with E-state index in [4.69, 9.17) is 4.74 Å². The van der Waals surface area contributed by atoms with Gasteiger partial charge >= 0.3 is 6.09 Å². The van der Waals surface area contributed by atoms with E-state index in [1.54, 1.807) is 26.8 Å². The minimum Gasteiger partial charge on any atom is -0.444 e. The number of carbonyl (C=O) groups excluding carboxylic acids is 3. The topological polar surface area (TPSA) is 106 Å². The number of halogens is 1. The van der Waals surface area contributed by atoms with Crippen molar-refractivity contribution in [3.05, 3.63) is 53.3 Å². The van der Waals surface area contributed by atoms with E-state index in [1.165, 1.54) is 11.0 Å². The molecule has 4 aliphatic rings. The van der Waals surface area contributed by atoms with E-state index in [2.05, 4.69) is 23.3 Å². The first-order valence-electron chi connectivity index (χ1n) is 16.1. The van der Waals surface area contributed by atoms with Crippen LogP contribution >= 0.6 is 0 Å². The summed E-state index contributed by atoms with van der Waals surface area (Å²) in [6.07, 6.45) is 4.09. The first-order chi connectivity index (χ1) is 21.4. The number of amides is 3. The smallest absolute Gasteiger partial charge is 0.411 e. The zero-order chi connectivity index (χ0) is 32.0. The molecule has 6 rings (SSSR count). The third kappa shape index (κ3) is 6.28. The number of fused-ring (bicyclic) bond motifs is 3. The fraction of sp³-hybridized carbons (Fsp3) is 0.543. The summed E-state index contributed by atoms with van der Waals surface area (Å²) in [6.45, 7) is 7.26. The van der Waals surface area contributed by atoms with Crippen LogP contribution in [0, 0.1) is 23.1 Å². The predicted octanol–water partition coefficient (Wildman–Crippen LogP) is 4.81. The monoisotopic (exact) mass is 615 g/mol. The fourth-order valence-electron chi connectivity index (χ4n) is 7.55. The van der Waals surface area contributed by atoms with Crippen molar-refractivity contribution in [2.45, 2.75) is 95.5 Å². The molecule has 238 valence electrons. The van der Waals surface area contributed by atoms with Gasteiger partial charge in [0.05, 0.1) is 12.5 Å². The summed E-state index contributed by atoms with van der Waals surface area (Å²) in [5, 5.41) is 12.7. The molecule has 0 aromatic heterocycles. The molecule has 1 aliphatic carbocycles. The first kappa shape index (κ1) is 31.0. The van der Waals surface area contributed by atoms with Gasteiger partial charge in [0.1, 0.15) is 23.5 Å². The quantitative estimate of drug-likeness (QED) is 0.500. The minimum atomic E-state index is -0.966. The molecule has 0 unspecified atom stereocenters. The van der Waals surface area contributed by atoms with Gasteiger partial charge in [-0.15, -0.1) is 0 Å². The van der Waals surface area contributed by atoms with E-state index >= 15 is 4.39 Å². The number of nitrogens with zero attached hydrogens (tertiary/aromatic N) is 4. The summed E-state index contributed by atoms with van der Waals surface area (Å²) < 4.78 is 21.1. The number of carbonyl (C=O) groups is 3. The number of benzene rings is 2. The van der Waals surface area contributed by atoms with Gasteiger partial charge in [0.25, 0.3) is 0 Å². The Morgan fingerprint density at radius 1 is 1.07 bits per heavy atom. The van der Waals surface area contributed by atoms with Gasteiger partial charge in [-0.25, -0.2) is 9.18 Å². The van der Waals surface area contributed by atoms with Crippen molar-refractivity contribution in [2.24, 2.45) is 5.92 Å². The lowest BCUT2D eigenvalue weighted by molar-refractivity contribution is -0.128. The van der Waals surface area contributed by atoms with Crippen molar-refractivity contribution in [3.63, 3.8) is 0 Å². The van der Waals surface area contributed by atoms with Crippen molar-refractivity contribution < 1.29 is 23.5 Å². The van der Waals surface area contributed by atoms with Crippen LogP contribution in [0.2, 0.25) is 0 Å². The molecular weight excluding hydrogens is 573 g/mol. The van der Waals surface area contributed by atoms with Crippen LogP contribution in [0.4, 0.5) is 14.9 Å². The van der Waals surface area contributed by atoms with Gasteiger partial charge in [-0.05, 0) is 113 Å². The highest BCUT2D eigenvalue weighted by atomic mass is 19.1. The Bertz CT molecular complexity index is 1540. The second kappa shape index (κ2) is 12.1. The summed E-state index contributed by atoms with van der Waals surface area (Å²) >= 11 is 0. The van der Waals surface area contributed by atoms with Crippen LogP contribution in [0.5, 0.6) is 0 Å². The van der Waals surface area contributed by atoms with Gasteiger partial charge in [-0.2, -0.15) is 5.26 Å². The standard InChI is InChI=1S/C35H42FN5O4/c1-35(2,3)45-34(44)41-28-10-9-25(16-28)32(41)33(43)38-26(20-37)15-23-7-5-21(17-29(23)36)22-6-8-24-19-31(42)40(30(24)18-22)27-11-13-39(4)14-12-27/h5-8,17-18,25-28,32H,9-16,19H2,1-4H3,(H,38,43)/t25-,26-,28+,32-/m0/s1. The molecule has 4 atom stereocenters. The normalized spacial score (nSPS) is 24.0. The molecule has 3 aliphatic heterocycles. The molecule has 3 heterocycles. The fourth-order valence-corrected chi connectivity index (χ4v) is 7.55. The van der Waals surface area contributed by atoms with E-state index in [0.717, 1.165) is 62.0 Å². The van der Waals surface area contributed by atoms with Crippen molar-refractivity contribution in [1.29, 1.82) is 5.26 Å². The summed E-state index contributed by atoms with van der Waals surface area (Å²) in [6, 6.07) is 11.3. The average molecular weight is 616 g/mol. The molecule has 2 bridgehead atoms. The zero-order valence-electron chi connectivity index (χ0n) is 26.5. The highest BCUT2D eigenvalue weighted by Gasteiger charge is 2.52. The molecule has 10 heteroatoms. The van der Waals surface area contributed by atoms with Crippen molar-refractivity contribution >= 4 is 23.6 Å². The predicted molar refractivity (Wildman–Crippen MR) is 168 cm³/mol.